The lowest BCUT2D eigenvalue weighted by molar-refractivity contribution is 0.139. The number of amides is 1. The van der Waals surface area contributed by atoms with Crippen molar-refractivity contribution in [2.45, 2.75) is 19.8 Å². The van der Waals surface area contributed by atoms with Gasteiger partial charge >= 0.3 is 6.09 Å². The highest BCUT2D eigenvalue weighted by Gasteiger charge is 2.04. The van der Waals surface area contributed by atoms with E-state index in [2.05, 4.69) is 15.3 Å². The highest BCUT2D eigenvalue weighted by molar-refractivity contribution is 5.67. The molecule has 1 amide bonds. The van der Waals surface area contributed by atoms with Crippen molar-refractivity contribution < 1.29 is 14.6 Å². The van der Waals surface area contributed by atoms with Crippen LogP contribution in [0.2, 0.25) is 0 Å². The summed E-state index contributed by atoms with van der Waals surface area (Å²) in [6.45, 7) is 0.353. The van der Waals surface area contributed by atoms with Gasteiger partial charge < -0.3 is 20.1 Å². The van der Waals surface area contributed by atoms with E-state index in [1.165, 1.54) is 6.20 Å². The summed E-state index contributed by atoms with van der Waals surface area (Å²) in [4.78, 5) is 18.3. The summed E-state index contributed by atoms with van der Waals surface area (Å²) in [7, 11) is 0. The van der Waals surface area contributed by atoms with Crippen molar-refractivity contribution in [1.29, 1.82) is 0 Å². The quantitative estimate of drug-likeness (QED) is 0.757. The molecule has 0 aliphatic carbocycles. The first-order chi connectivity index (χ1) is 9.28. The van der Waals surface area contributed by atoms with Crippen LogP contribution in [0, 0.1) is 0 Å². The number of aromatic amines is 1. The molecule has 6 heteroatoms. The van der Waals surface area contributed by atoms with Crippen molar-refractivity contribution in [2.75, 3.05) is 0 Å². The molecule has 3 N–H and O–H groups in total. The number of aliphatic hydroxyl groups is 1. The lowest BCUT2D eigenvalue weighted by Gasteiger charge is -2.05. The van der Waals surface area contributed by atoms with Crippen molar-refractivity contribution in [1.82, 2.24) is 15.3 Å². The molecule has 1 heterocycles. The van der Waals surface area contributed by atoms with E-state index in [0.29, 0.717) is 11.5 Å². The largest absolute Gasteiger partial charge is 0.445 e. The number of hydrogen-bond donors (Lipinski definition) is 3. The number of nitrogens with one attached hydrogen (secondary N) is 2. The van der Waals surface area contributed by atoms with Crippen LogP contribution in [0.5, 0.6) is 0 Å². The molecule has 100 valence electrons. The lowest BCUT2D eigenvalue weighted by Crippen LogP contribution is -2.24. The Kier molecular flexibility index (Phi) is 4.52. The molecule has 0 saturated carbocycles. The Bertz CT molecular complexity index is 525. The predicted octanol–water partition coefficient (Wildman–Crippen LogP) is 1.33. The zero-order chi connectivity index (χ0) is 13.5. The summed E-state index contributed by atoms with van der Waals surface area (Å²) in [6, 6.07) is 9.44. The molecular weight excluding hydrogens is 246 g/mol. The van der Waals surface area contributed by atoms with Gasteiger partial charge in [-0.3, -0.25) is 0 Å². The molecule has 2 aromatic rings. The number of hydrogen-bond acceptors (Lipinski definition) is 4. The Morgan fingerprint density at radius 3 is 2.84 bits per heavy atom. The van der Waals surface area contributed by atoms with Crippen LogP contribution >= 0.6 is 0 Å². The summed E-state index contributed by atoms with van der Waals surface area (Å²) in [5.74, 6) is 0.570. The molecule has 0 radical (unpaired) electrons. The maximum Gasteiger partial charge on any atom is 0.407 e. The van der Waals surface area contributed by atoms with Gasteiger partial charge in [-0.05, 0) is 5.56 Å². The van der Waals surface area contributed by atoms with Crippen LogP contribution in [0.3, 0.4) is 0 Å². The molecule has 19 heavy (non-hydrogen) atoms. The predicted molar refractivity (Wildman–Crippen MR) is 68.0 cm³/mol. The van der Waals surface area contributed by atoms with Gasteiger partial charge in [0.25, 0.3) is 0 Å². The van der Waals surface area contributed by atoms with Gasteiger partial charge in [0, 0.05) is 0 Å². The molecule has 0 aliphatic heterocycles. The average Bonchev–Trinajstić information content (AvgIpc) is 2.92. The first kappa shape index (κ1) is 13.1. The van der Waals surface area contributed by atoms with Gasteiger partial charge in [-0.15, -0.1) is 0 Å². The second-order valence-corrected chi connectivity index (χ2v) is 3.93. The number of carbonyl (C=O) groups is 1. The van der Waals surface area contributed by atoms with Gasteiger partial charge in [-0.2, -0.15) is 0 Å². The molecule has 1 aromatic heterocycles. The van der Waals surface area contributed by atoms with E-state index in [1.807, 2.05) is 30.3 Å². The van der Waals surface area contributed by atoms with Gasteiger partial charge in [0.05, 0.1) is 25.0 Å². The van der Waals surface area contributed by atoms with E-state index in [9.17, 15) is 4.79 Å². The Hall–Kier alpha value is -2.34. The molecule has 0 atom stereocenters. The van der Waals surface area contributed by atoms with Gasteiger partial charge in [0.1, 0.15) is 12.4 Å². The Morgan fingerprint density at radius 1 is 1.37 bits per heavy atom. The van der Waals surface area contributed by atoms with Crippen LogP contribution in [0.25, 0.3) is 0 Å². The van der Waals surface area contributed by atoms with Crippen molar-refractivity contribution >= 4 is 6.09 Å². The summed E-state index contributed by atoms with van der Waals surface area (Å²) >= 11 is 0. The standard InChI is InChI=1S/C13H15N3O3/c17-8-11-6-14-12(16-11)7-15-13(18)19-9-10-4-2-1-3-5-10/h1-6,17H,7-9H2,(H,14,16)(H,15,18). The monoisotopic (exact) mass is 261 g/mol. The fourth-order valence-corrected chi connectivity index (χ4v) is 1.51. The van der Waals surface area contributed by atoms with Crippen LogP contribution in [-0.4, -0.2) is 21.2 Å². The lowest BCUT2D eigenvalue weighted by atomic mass is 10.2. The fourth-order valence-electron chi connectivity index (χ4n) is 1.51. The van der Waals surface area contributed by atoms with Gasteiger partial charge in [0.15, 0.2) is 0 Å². The molecule has 0 saturated heterocycles. The number of imidazole rings is 1. The third-order valence-corrected chi connectivity index (χ3v) is 2.46. The normalized spacial score (nSPS) is 10.2. The van der Waals surface area contributed by atoms with E-state index in [0.717, 1.165) is 5.56 Å². The number of nitrogens with zero attached hydrogens (tertiary/aromatic N) is 1. The number of H-pyrrole nitrogens is 1. The Labute approximate surface area is 110 Å². The van der Waals surface area contributed by atoms with Crippen molar-refractivity contribution in [2.24, 2.45) is 0 Å². The number of alkyl carbamates (subject to hydrolysis) is 1. The number of carbonyl (C=O) groups excluding carboxylic acids is 1. The summed E-state index contributed by atoms with van der Waals surface area (Å²) in [6.07, 6.45) is 1.01. The van der Waals surface area contributed by atoms with Crippen molar-refractivity contribution in [3.63, 3.8) is 0 Å². The first-order valence-electron chi connectivity index (χ1n) is 5.86. The molecule has 6 nitrogen and oxygen atoms in total. The maximum absolute atomic E-state index is 11.4. The smallest absolute Gasteiger partial charge is 0.407 e. The van der Waals surface area contributed by atoms with E-state index in [1.54, 1.807) is 0 Å². The van der Waals surface area contributed by atoms with E-state index < -0.39 is 6.09 Å². The third-order valence-electron chi connectivity index (χ3n) is 2.46. The van der Waals surface area contributed by atoms with Crippen molar-refractivity contribution in [3.05, 3.63) is 53.6 Å². The minimum atomic E-state index is -0.509. The minimum Gasteiger partial charge on any atom is -0.445 e. The summed E-state index contributed by atoms with van der Waals surface area (Å²) < 4.78 is 5.04. The number of ether oxygens (including phenoxy) is 1. The molecule has 0 bridgehead atoms. The number of benzene rings is 1. The zero-order valence-electron chi connectivity index (χ0n) is 10.3. The molecule has 0 spiro atoms. The fraction of sp³-hybridized carbons (Fsp3) is 0.231. The molecule has 1 aromatic carbocycles. The van der Waals surface area contributed by atoms with Crippen LogP contribution in [0.4, 0.5) is 4.79 Å². The van der Waals surface area contributed by atoms with Crippen LogP contribution in [-0.2, 0) is 24.5 Å². The second kappa shape index (κ2) is 6.55. The first-order valence-corrected chi connectivity index (χ1v) is 5.86. The highest BCUT2D eigenvalue weighted by atomic mass is 16.5. The van der Waals surface area contributed by atoms with E-state index >= 15 is 0 Å². The molecular formula is C13H15N3O3. The van der Waals surface area contributed by atoms with Crippen LogP contribution in [0.1, 0.15) is 17.1 Å². The molecule has 0 unspecified atom stereocenters. The number of rotatable bonds is 5. The minimum absolute atomic E-state index is 0.106. The number of aliphatic hydroxyl groups excluding tert-OH is 1. The van der Waals surface area contributed by atoms with E-state index in [4.69, 9.17) is 9.84 Å². The SMILES string of the molecule is O=C(NCc1ncc(CO)[nH]1)OCc1ccccc1. The zero-order valence-corrected chi connectivity index (χ0v) is 10.3. The van der Waals surface area contributed by atoms with Gasteiger partial charge in [-0.25, -0.2) is 9.78 Å². The highest BCUT2D eigenvalue weighted by Crippen LogP contribution is 2.01. The average molecular weight is 261 g/mol. The maximum atomic E-state index is 11.4. The number of aromatic nitrogens is 2. The Morgan fingerprint density at radius 2 is 2.16 bits per heavy atom. The van der Waals surface area contributed by atoms with Crippen molar-refractivity contribution in [3.8, 4) is 0 Å². The summed E-state index contributed by atoms with van der Waals surface area (Å²) in [5.41, 5.74) is 1.53. The van der Waals surface area contributed by atoms with E-state index in [-0.39, 0.29) is 19.8 Å². The Balaban J connectivity index is 1.73. The second-order valence-electron chi connectivity index (χ2n) is 3.93. The van der Waals surface area contributed by atoms with Crippen LogP contribution < -0.4 is 5.32 Å². The molecule has 2 rings (SSSR count). The third kappa shape index (κ3) is 4.11. The molecule has 0 fully saturated rings. The van der Waals surface area contributed by atoms with Gasteiger partial charge in [0.2, 0.25) is 0 Å². The summed E-state index contributed by atoms with van der Waals surface area (Å²) in [5, 5.41) is 11.4. The van der Waals surface area contributed by atoms with Crippen LogP contribution in [0.15, 0.2) is 36.5 Å². The molecule has 0 aliphatic rings. The van der Waals surface area contributed by atoms with Gasteiger partial charge in [-0.1, -0.05) is 30.3 Å². The topological polar surface area (TPSA) is 87.2 Å².